The second-order valence-corrected chi connectivity index (χ2v) is 5.10. The van der Waals surface area contributed by atoms with Crippen LogP contribution >= 0.6 is 11.3 Å². The van der Waals surface area contributed by atoms with Gasteiger partial charge in [-0.15, -0.1) is 11.3 Å². The monoisotopic (exact) mass is 355 g/mol. The number of hydrazine groups is 1. The Morgan fingerprint density at radius 2 is 1.78 bits per heavy atom. The molecule has 0 saturated heterocycles. The number of thiazole rings is 1. The molecule has 4 nitrogen and oxygen atoms in total. The van der Waals surface area contributed by atoms with Crippen molar-refractivity contribution >= 4 is 22.4 Å². The molecule has 0 aliphatic rings. The third kappa shape index (κ3) is 3.79. The number of hydrogen-bond donors (Lipinski definition) is 1. The standard InChI is InChI=1S/C12H7F6N3OS/c13-11(14,15)7-3-1-2-6(4-7)9(22)21(19)10-20-8(5-23-10)12(16,17)18/h1-5H,19H2. The molecule has 2 aromatic rings. The van der Waals surface area contributed by atoms with Crippen LogP contribution in [0.2, 0.25) is 0 Å². The first-order chi connectivity index (χ1) is 10.5. The molecule has 2 rings (SSSR count). The molecule has 1 aromatic carbocycles. The van der Waals surface area contributed by atoms with Gasteiger partial charge < -0.3 is 0 Å². The number of halogens is 6. The zero-order valence-corrected chi connectivity index (χ0v) is 11.8. The van der Waals surface area contributed by atoms with Gasteiger partial charge in [-0.2, -0.15) is 26.3 Å². The van der Waals surface area contributed by atoms with Gasteiger partial charge in [0.05, 0.1) is 5.56 Å². The van der Waals surface area contributed by atoms with Gasteiger partial charge in [0.15, 0.2) is 5.69 Å². The molecule has 0 aliphatic carbocycles. The SMILES string of the molecule is NN(C(=O)c1cccc(C(F)(F)F)c1)c1nc(C(F)(F)F)cs1. The predicted octanol–water partition coefficient (Wildman–Crippen LogP) is 3.70. The van der Waals surface area contributed by atoms with E-state index in [0.29, 0.717) is 22.8 Å². The minimum Gasteiger partial charge on any atom is -0.267 e. The van der Waals surface area contributed by atoms with Crippen LogP contribution in [0.1, 0.15) is 21.6 Å². The highest BCUT2D eigenvalue weighted by atomic mass is 32.1. The molecule has 23 heavy (non-hydrogen) atoms. The Morgan fingerprint density at radius 3 is 2.30 bits per heavy atom. The lowest BCUT2D eigenvalue weighted by atomic mass is 10.1. The molecule has 0 spiro atoms. The molecule has 0 aliphatic heterocycles. The van der Waals surface area contributed by atoms with E-state index in [1.54, 1.807) is 0 Å². The van der Waals surface area contributed by atoms with Crippen LogP contribution in [0, 0.1) is 0 Å². The van der Waals surface area contributed by atoms with E-state index in [2.05, 4.69) is 4.98 Å². The summed E-state index contributed by atoms with van der Waals surface area (Å²) in [6.45, 7) is 0. The molecule has 1 heterocycles. The molecule has 124 valence electrons. The van der Waals surface area contributed by atoms with Gasteiger partial charge in [0.2, 0.25) is 5.13 Å². The molecule has 0 radical (unpaired) electrons. The zero-order valence-electron chi connectivity index (χ0n) is 10.9. The molecule has 0 atom stereocenters. The van der Waals surface area contributed by atoms with Crippen molar-refractivity contribution in [1.82, 2.24) is 4.98 Å². The second kappa shape index (κ2) is 5.81. The van der Waals surface area contributed by atoms with Crippen molar-refractivity contribution in [1.29, 1.82) is 0 Å². The van der Waals surface area contributed by atoms with Crippen LogP contribution in [-0.4, -0.2) is 10.9 Å². The number of rotatable bonds is 2. The Labute approximate surface area is 129 Å². The highest BCUT2D eigenvalue weighted by Crippen LogP contribution is 2.33. The first-order valence-electron chi connectivity index (χ1n) is 5.79. The van der Waals surface area contributed by atoms with E-state index >= 15 is 0 Å². The van der Waals surface area contributed by atoms with E-state index in [9.17, 15) is 31.1 Å². The fraction of sp³-hybridized carbons (Fsp3) is 0.167. The van der Waals surface area contributed by atoms with Crippen LogP contribution in [0.5, 0.6) is 0 Å². The molecular formula is C12H7F6N3OS. The number of hydrogen-bond acceptors (Lipinski definition) is 4. The molecule has 0 fully saturated rings. The van der Waals surface area contributed by atoms with Gasteiger partial charge >= 0.3 is 12.4 Å². The van der Waals surface area contributed by atoms with Gasteiger partial charge in [-0.25, -0.2) is 15.8 Å². The lowest BCUT2D eigenvalue weighted by Gasteiger charge is -2.14. The quantitative estimate of drug-likeness (QED) is 0.387. The topological polar surface area (TPSA) is 59.2 Å². The molecule has 0 bridgehead atoms. The Balaban J connectivity index is 2.28. The molecule has 1 aromatic heterocycles. The van der Waals surface area contributed by atoms with Crippen LogP contribution in [0.25, 0.3) is 0 Å². The number of carbonyl (C=O) groups excluding carboxylic acids is 1. The smallest absolute Gasteiger partial charge is 0.267 e. The van der Waals surface area contributed by atoms with Gasteiger partial charge in [0.25, 0.3) is 5.91 Å². The minimum absolute atomic E-state index is 0.273. The molecule has 1 amide bonds. The number of anilines is 1. The Morgan fingerprint density at radius 1 is 1.13 bits per heavy atom. The van der Waals surface area contributed by atoms with Crippen LogP contribution in [0.3, 0.4) is 0 Å². The van der Waals surface area contributed by atoms with Gasteiger partial charge in [-0.05, 0) is 18.2 Å². The fourth-order valence-electron chi connectivity index (χ4n) is 1.56. The lowest BCUT2D eigenvalue weighted by Crippen LogP contribution is -2.37. The van der Waals surface area contributed by atoms with Crippen molar-refractivity contribution < 1.29 is 31.1 Å². The summed E-state index contributed by atoms with van der Waals surface area (Å²) in [5, 5.41) is 0.434. The Hall–Kier alpha value is -2.14. The first-order valence-corrected chi connectivity index (χ1v) is 6.67. The Bertz CT molecular complexity index is 724. The summed E-state index contributed by atoms with van der Waals surface area (Å²) in [6.07, 6.45) is -9.38. The van der Waals surface area contributed by atoms with Crippen LogP contribution < -0.4 is 10.9 Å². The van der Waals surface area contributed by atoms with Gasteiger partial charge in [-0.1, -0.05) is 6.07 Å². The predicted molar refractivity (Wildman–Crippen MR) is 69.6 cm³/mol. The minimum atomic E-state index is -4.71. The van der Waals surface area contributed by atoms with Crippen molar-refractivity contribution in [2.75, 3.05) is 5.01 Å². The van der Waals surface area contributed by atoms with Crippen molar-refractivity contribution in [2.24, 2.45) is 5.84 Å². The van der Waals surface area contributed by atoms with E-state index in [-0.39, 0.29) is 5.01 Å². The van der Waals surface area contributed by atoms with Gasteiger partial charge in [-0.3, -0.25) is 4.79 Å². The summed E-state index contributed by atoms with van der Waals surface area (Å²) >= 11 is 0.444. The van der Waals surface area contributed by atoms with E-state index in [0.717, 1.165) is 18.2 Å². The highest BCUT2D eigenvalue weighted by molar-refractivity contribution is 7.14. The number of carbonyl (C=O) groups is 1. The molecule has 0 saturated carbocycles. The summed E-state index contributed by atoms with van der Waals surface area (Å²) in [5.41, 5.74) is -2.75. The van der Waals surface area contributed by atoms with E-state index < -0.39 is 40.2 Å². The number of benzene rings is 1. The highest BCUT2D eigenvalue weighted by Gasteiger charge is 2.35. The molecular weight excluding hydrogens is 348 g/mol. The average Bonchev–Trinajstić information content (AvgIpc) is 2.95. The van der Waals surface area contributed by atoms with Crippen LogP contribution in [0.15, 0.2) is 29.6 Å². The number of nitrogens with zero attached hydrogens (tertiary/aromatic N) is 2. The van der Waals surface area contributed by atoms with Crippen molar-refractivity contribution in [3.8, 4) is 0 Å². The summed E-state index contributed by atoms with van der Waals surface area (Å²) in [7, 11) is 0. The number of nitrogens with two attached hydrogens (primary N) is 1. The number of alkyl halides is 6. The van der Waals surface area contributed by atoms with Crippen LogP contribution in [0.4, 0.5) is 31.5 Å². The maximum atomic E-state index is 12.6. The Kier molecular flexibility index (Phi) is 4.35. The maximum absolute atomic E-state index is 12.6. The number of amides is 1. The third-order valence-corrected chi connectivity index (χ3v) is 3.48. The normalized spacial score (nSPS) is 12.3. The average molecular weight is 355 g/mol. The third-order valence-electron chi connectivity index (χ3n) is 2.64. The largest absolute Gasteiger partial charge is 0.434 e. The lowest BCUT2D eigenvalue weighted by molar-refractivity contribution is -0.140. The van der Waals surface area contributed by atoms with Gasteiger partial charge in [0, 0.05) is 10.9 Å². The summed E-state index contributed by atoms with van der Waals surface area (Å²) in [5.74, 6) is 4.26. The van der Waals surface area contributed by atoms with Crippen molar-refractivity contribution in [2.45, 2.75) is 12.4 Å². The van der Waals surface area contributed by atoms with E-state index in [4.69, 9.17) is 5.84 Å². The maximum Gasteiger partial charge on any atom is 0.434 e. The summed E-state index contributed by atoms with van der Waals surface area (Å²) in [4.78, 5) is 15.2. The number of aromatic nitrogens is 1. The molecule has 11 heteroatoms. The van der Waals surface area contributed by atoms with E-state index in [1.165, 1.54) is 0 Å². The van der Waals surface area contributed by atoms with Crippen LogP contribution in [-0.2, 0) is 12.4 Å². The second-order valence-electron chi connectivity index (χ2n) is 4.27. The van der Waals surface area contributed by atoms with Crippen molar-refractivity contribution in [3.63, 3.8) is 0 Å². The first kappa shape index (κ1) is 17.2. The van der Waals surface area contributed by atoms with Crippen molar-refractivity contribution in [3.05, 3.63) is 46.5 Å². The molecule has 2 N–H and O–H groups in total. The fourth-order valence-corrected chi connectivity index (χ4v) is 2.31. The van der Waals surface area contributed by atoms with Gasteiger partial charge in [0.1, 0.15) is 0 Å². The summed E-state index contributed by atoms with van der Waals surface area (Å²) < 4.78 is 75.1. The molecule has 0 unspecified atom stereocenters. The van der Waals surface area contributed by atoms with E-state index in [1.807, 2.05) is 0 Å². The zero-order chi connectivity index (χ0) is 17.4. The summed E-state index contributed by atoms with van der Waals surface area (Å²) in [6, 6.07) is 3.37.